The van der Waals surface area contributed by atoms with Gasteiger partial charge in [-0.05, 0) is 32.4 Å². The lowest BCUT2D eigenvalue weighted by molar-refractivity contribution is -0.173. The van der Waals surface area contributed by atoms with E-state index in [1.165, 1.54) is 36.2 Å². The fourth-order valence-electron chi connectivity index (χ4n) is 3.46. The van der Waals surface area contributed by atoms with Crippen LogP contribution in [-0.4, -0.2) is 81.9 Å². The monoisotopic (exact) mass is 623 g/mol. The van der Waals surface area contributed by atoms with Gasteiger partial charge in [-0.25, -0.2) is 14.6 Å². The summed E-state index contributed by atoms with van der Waals surface area (Å²) < 4.78 is 15.0. The van der Waals surface area contributed by atoms with Crippen molar-refractivity contribution >= 4 is 69.6 Å². The Balaban J connectivity index is 1.81. The number of allylic oxidation sites excluding steroid dienone is 1. The van der Waals surface area contributed by atoms with Crippen molar-refractivity contribution in [1.29, 1.82) is 0 Å². The molecule has 0 aliphatic carbocycles. The summed E-state index contributed by atoms with van der Waals surface area (Å²) in [5.41, 5.74) is 4.73. The SMILES string of the molecule is CC(=O)OC/C=C/C1=C(C(=O)OCOC(=O)C(C)(C)C)N2C(=O)[C@@H](NC(=O)/C(=N\OC(C)=O)c3csc(N)n3)[C@@H]2SC1. The Morgan fingerprint density at radius 2 is 1.88 bits per heavy atom. The minimum Gasteiger partial charge on any atom is -0.462 e. The Kier molecular flexibility index (Phi) is 10.5. The van der Waals surface area contributed by atoms with Crippen LogP contribution in [0.5, 0.6) is 0 Å². The highest BCUT2D eigenvalue weighted by atomic mass is 32.2. The van der Waals surface area contributed by atoms with E-state index in [0.29, 0.717) is 5.57 Å². The van der Waals surface area contributed by atoms with E-state index in [-0.39, 0.29) is 34.6 Å². The largest absolute Gasteiger partial charge is 0.462 e. The van der Waals surface area contributed by atoms with E-state index < -0.39 is 59.3 Å². The van der Waals surface area contributed by atoms with Gasteiger partial charge in [0.1, 0.15) is 29.4 Å². The summed E-state index contributed by atoms with van der Waals surface area (Å²) in [5.74, 6) is -4.13. The second-order valence-electron chi connectivity index (χ2n) is 9.76. The molecule has 1 aromatic heterocycles. The molecule has 2 aliphatic heterocycles. The van der Waals surface area contributed by atoms with E-state index in [1.54, 1.807) is 20.8 Å². The Bertz CT molecular complexity index is 1380. The Labute approximate surface area is 248 Å². The van der Waals surface area contributed by atoms with Gasteiger partial charge in [0, 0.05) is 25.0 Å². The molecule has 1 aromatic rings. The number of hydrogen-bond donors (Lipinski definition) is 2. The van der Waals surface area contributed by atoms with Crippen molar-refractivity contribution < 1.29 is 47.8 Å². The number of carbonyl (C=O) groups excluding carboxylic acids is 6. The second-order valence-corrected chi connectivity index (χ2v) is 11.8. The van der Waals surface area contributed by atoms with Crippen molar-refractivity contribution in [2.75, 3.05) is 24.9 Å². The molecule has 0 unspecified atom stereocenters. The first kappa shape index (κ1) is 32.3. The van der Waals surface area contributed by atoms with Crippen LogP contribution in [0.3, 0.4) is 0 Å². The Morgan fingerprint density at radius 3 is 2.48 bits per heavy atom. The number of nitrogens with one attached hydrogen (secondary N) is 1. The minimum absolute atomic E-state index is 0.0327. The number of carbonyl (C=O) groups is 6. The predicted molar refractivity (Wildman–Crippen MR) is 149 cm³/mol. The average molecular weight is 624 g/mol. The van der Waals surface area contributed by atoms with Crippen LogP contribution in [0.2, 0.25) is 0 Å². The molecule has 0 spiro atoms. The third kappa shape index (κ3) is 7.94. The van der Waals surface area contributed by atoms with E-state index in [2.05, 4.69) is 20.3 Å². The molecule has 2 atom stereocenters. The van der Waals surface area contributed by atoms with Gasteiger partial charge in [0.25, 0.3) is 11.8 Å². The topological polar surface area (TPSA) is 206 Å². The molecule has 42 heavy (non-hydrogen) atoms. The van der Waals surface area contributed by atoms with Crippen LogP contribution >= 0.6 is 23.1 Å². The summed E-state index contributed by atoms with van der Waals surface area (Å²) in [6.07, 6.45) is 3.00. The minimum atomic E-state index is -1.09. The molecule has 0 saturated carbocycles. The molecule has 1 saturated heterocycles. The van der Waals surface area contributed by atoms with E-state index in [9.17, 15) is 28.8 Å². The lowest BCUT2D eigenvalue weighted by Crippen LogP contribution is -2.71. The van der Waals surface area contributed by atoms with E-state index in [1.807, 2.05) is 0 Å². The Morgan fingerprint density at radius 1 is 1.17 bits per heavy atom. The highest BCUT2D eigenvalue weighted by Gasteiger charge is 2.54. The maximum Gasteiger partial charge on any atom is 0.358 e. The van der Waals surface area contributed by atoms with Gasteiger partial charge in [-0.1, -0.05) is 11.2 Å². The first-order valence-corrected chi connectivity index (χ1v) is 14.2. The highest BCUT2D eigenvalue weighted by molar-refractivity contribution is 8.00. The van der Waals surface area contributed by atoms with E-state index in [0.717, 1.165) is 23.2 Å². The fourth-order valence-corrected chi connectivity index (χ4v) is 5.32. The molecular formula is C25H29N5O10S2. The summed E-state index contributed by atoms with van der Waals surface area (Å²) in [6, 6.07) is -1.09. The third-order valence-corrected chi connectivity index (χ3v) is 7.39. The van der Waals surface area contributed by atoms with Gasteiger partial charge in [0.15, 0.2) is 10.8 Å². The van der Waals surface area contributed by atoms with Gasteiger partial charge in [0.05, 0.1) is 5.41 Å². The van der Waals surface area contributed by atoms with Crippen molar-refractivity contribution in [3.05, 3.63) is 34.5 Å². The molecule has 2 aliphatic rings. The molecule has 226 valence electrons. The Hall–Kier alpha value is -4.25. The summed E-state index contributed by atoms with van der Waals surface area (Å²) in [7, 11) is 0. The smallest absolute Gasteiger partial charge is 0.358 e. The number of thiazole rings is 1. The normalized spacial score (nSPS) is 18.6. The van der Waals surface area contributed by atoms with Crippen molar-refractivity contribution in [2.24, 2.45) is 10.6 Å². The van der Waals surface area contributed by atoms with Crippen molar-refractivity contribution in [2.45, 2.75) is 46.0 Å². The van der Waals surface area contributed by atoms with Gasteiger partial charge < -0.3 is 30.1 Å². The number of rotatable bonds is 10. The van der Waals surface area contributed by atoms with Crippen molar-refractivity contribution in [3.63, 3.8) is 0 Å². The number of thioether (sulfide) groups is 1. The predicted octanol–water partition coefficient (Wildman–Crippen LogP) is 0.856. The zero-order chi connectivity index (χ0) is 31.2. The number of amides is 2. The molecule has 0 aromatic carbocycles. The van der Waals surface area contributed by atoms with Gasteiger partial charge in [-0.3, -0.25) is 24.1 Å². The molecule has 3 N–H and O–H groups in total. The van der Waals surface area contributed by atoms with Crippen LogP contribution in [0, 0.1) is 5.41 Å². The molecule has 3 rings (SSSR count). The lowest BCUT2D eigenvalue weighted by atomic mass is 9.98. The quantitative estimate of drug-likeness (QED) is 0.0927. The highest BCUT2D eigenvalue weighted by Crippen LogP contribution is 2.41. The summed E-state index contributed by atoms with van der Waals surface area (Å²) in [5, 5.41) is 6.95. The number of fused-ring (bicyclic) bond motifs is 1. The molecular weight excluding hydrogens is 594 g/mol. The van der Waals surface area contributed by atoms with Gasteiger partial charge >= 0.3 is 23.9 Å². The van der Waals surface area contributed by atoms with Crippen LogP contribution in [0.1, 0.15) is 40.3 Å². The molecule has 2 amide bonds. The standard InChI is InChI=1S/C25H29N5O10S2/c1-12(31)37-8-6-7-14-9-41-21-17(28-19(33)16(29-40-13(2)32)15-10-42-24(26)27-15)20(34)30(21)18(14)22(35)38-11-39-23(36)25(3,4)5/h6-7,10,17,21H,8-9,11H2,1-5H3,(H2,26,27)(H,28,33)/b7-6+,29-16-/t17-,21+/m1/s1. The second kappa shape index (κ2) is 13.6. The number of ether oxygens (including phenoxy) is 3. The van der Waals surface area contributed by atoms with Crippen molar-refractivity contribution in [1.82, 2.24) is 15.2 Å². The van der Waals surface area contributed by atoms with Gasteiger partial charge in [-0.15, -0.1) is 23.1 Å². The fraction of sp³-hybridized carbons (Fsp3) is 0.440. The molecule has 3 heterocycles. The van der Waals surface area contributed by atoms with Crippen LogP contribution in [0.25, 0.3) is 0 Å². The van der Waals surface area contributed by atoms with Crippen molar-refractivity contribution in [3.8, 4) is 0 Å². The summed E-state index contributed by atoms with van der Waals surface area (Å²) >= 11 is 2.27. The molecule has 15 nitrogen and oxygen atoms in total. The maximum atomic E-state index is 13.3. The number of nitrogens with two attached hydrogens (primary N) is 1. The molecule has 0 radical (unpaired) electrons. The molecule has 1 fully saturated rings. The van der Waals surface area contributed by atoms with E-state index >= 15 is 0 Å². The first-order valence-electron chi connectivity index (χ1n) is 12.3. The number of esters is 3. The van der Waals surface area contributed by atoms with Crippen LogP contribution in [-0.2, 0) is 47.8 Å². The van der Waals surface area contributed by atoms with Gasteiger partial charge in [-0.2, -0.15) is 0 Å². The van der Waals surface area contributed by atoms with Crippen LogP contribution in [0.15, 0.2) is 34.0 Å². The van der Waals surface area contributed by atoms with Crippen LogP contribution in [0.4, 0.5) is 5.13 Å². The lowest BCUT2D eigenvalue weighted by Gasteiger charge is -2.49. The van der Waals surface area contributed by atoms with E-state index in [4.69, 9.17) is 19.9 Å². The van der Waals surface area contributed by atoms with Crippen LogP contribution < -0.4 is 11.1 Å². The molecule has 0 bridgehead atoms. The third-order valence-electron chi connectivity index (χ3n) is 5.42. The summed E-state index contributed by atoms with van der Waals surface area (Å²) in [6.45, 7) is 6.48. The first-order chi connectivity index (χ1) is 19.7. The number of aromatic nitrogens is 1. The maximum absolute atomic E-state index is 13.3. The zero-order valence-electron chi connectivity index (χ0n) is 23.3. The number of nitrogen functional groups attached to an aromatic ring is 1. The molecule has 17 heteroatoms. The zero-order valence-corrected chi connectivity index (χ0v) is 25.0. The average Bonchev–Trinajstić information content (AvgIpc) is 3.33. The number of hydrogen-bond acceptors (Lipinski definition) is 15. The number of nitrogens with zero attached hydrogens (tertiary/aromatic N) is 3. The number of oxime groups is 1. The number of anilines is 1. The van der Waals surface area contributed by atoms with Gasteiger partial charge in [0.2, 0.25) is 6.79 Å². The summed E-state index contributed by atoms with van der Waals surface area (Å²) in [4.78, 5) is 83.7. The number of β-lactam (4-membered cyclic amide) rings is 1.